The Labute approximate surface area is 163 Å². The SMILES string of the molecule is COc1ccccc1OCC(=O)N1CCC(NC(=O)Cc2cccs2)CC1. The fraction of sp³-hybridized carbons (Fsp3) is 0.400. The quantitative estimate of drug-likeness (QED) is 0.791. The molecule has 0 unspecified atom stereocenters. The molecule has 144 valence electrons. The van der Waals surface area contributed by atoms with Gasteiger partial charge in [-0.1, -0.05) is 18.2 Å². The number of hydrogen-bond acceptors (Lipinski definition) is 5. The van der Waals surface area contributed by atoms with Crippen molar-refractivity contribution in [2.75, 3.05) is 26.8 Å². The Kier molecular flexibility index (Phi) is 6.70. The first-order valence-electron chi connectivity index (χ1n) is 9.01. The van der Waals surface area contributed by atoms with Gasteiger partial charge in [-0.05, 0) is 36.4 Å². The zero-order valence-electron chi connectivity index (χ0n) is 15.3. The van der Waals surface area contributed by atoms with Crippen LogP contribution in [0.1, 0.15) is 17.7 Å². The molecule has 1 N–H and O–H groups in total. The minimum atomic E-state index is -0.0516. The van der Waals surface area contributed by atoms with Crippen LogP contribution in [0.3, 0.4) is 0 Å². The molecule has 1 fully saturated rings. The molecule has 0 bridgehead atoms. The molecular weight excluding hydrogens is 364 g/mol. The molecule has 0 saturated carbocycles. The number of ether oxygens (including phenoxy) is 2. The van der Waals surface area contributed by atoms with E-state index in [0.717, 1.165) is 17.7 Å². The summed E-state index contributed by atoms with van der Waals surface area (Å²) in [5.74, 6) is 1.16. The number of rotatable bonds is 7. The number of hydrogen-bond donors (Lipinski definition) is 1. The van der Waals surface area contributed by atoms with Gasteiger partial charge < -0.3 is 19.7 Å². The highest BCUT2D eigenvalue weighted by Gasteiger charge is 2.24. The molecule has 1 saturated heterocycles. The Bertz CT molecular complexity index is 755. The Morgan fingerprint density at radius 1 is 1.15 bits per heavy atom. The first-order valence-corrected chi connectivity index (χ1v) is 9.89. The van der Waals surface area contributed by atoms with Gasteiger partial charge in [-0.2, -0.15) is 0 Å². The summed E-state index contributed by atoms with van der Waals surface area (Å²) in [6, 6.07) is 11.3. The molecule has 2 aromatic rings. The van der Waals surface area contributed by atoms with Crippen LogP contribution in [0.5, 0.6) is 11.5 Å². The highest BCUT2D eigenvalue weighted by atomic mass is 32.1. The van der Waals surface area contributed by atoms with Crippen LogP contribution in [0.15, 0.2) is 41.8 Å². The smallest absolute Gasteiger partial charge is 0.260 e. The Hall–Kier alpha value is -2.54. The van der Waals surface area contributed by atoms with Crippen molar-refractivity contribution in [1.29, 1.82) is 0 Å². The third kappa shape index (κ3) is 5.47. The number of thiophene rings is 1. The minimum absolute atomic E-state index is 0.0181. The lowest BCUT2D eigenvalue weighted by atomic mass is 10.0. The van der Waals surface area contributed by atoms with Crippen LogP contribution < -0.4 is 14.8 Å². The summed E-state index contributed by atoms with van der Waals surface area (Å²) in [5, 5.41) is 5.04. The number of nitrogens with zero attached hydrogens (tertiary/aromatic N) is 1. The first-order chi connectivity index (χ1) is 13.2. The second-order valence-corrected chi connectivity index (χ2v) is 7.45. The van der Waals surface area contributed by atoms with E-state index in [-0.39, 0.29) is 24.5 Å². The summed E-state index contributed by atoms with van der Waals surface area (Å²) in [4.78, 5) is 27.3. The molecule has 0 spiro atoms. The van der Waals surface area contributed by atoms with E-state index < -0.39 is 0 Å². The van der Waals surface area contributed by atoms with Gasteiger partial charge in [0, 0.05) is 24.0 Å². The van der Waals surface area contributed by atoms with Gasteiger partial charge in [0.2, 0.25) is 5.91 Å². The van der Waals surface area contributed by atoms with Crippen molar-refractivity contribution in [1.82, 2.24) is 10.2 Å². The van der Waals surface area contributed by atoms with Gasteiger partial charge in [0.25, 0.3) is 5.91 Å². The van der Waals surface area contributed by atoms with Crippen LogP contribution in [0, 0.1) is 0 Å². The van der Waals surface area contributed by atoms with E-state index in [2.05, 4.69) is 5.32 Å². The lowest BCUT2D eigenvalue weighted by Gasteiger charge is -2.32. The molecule has 1 aromatic heterocycles. The van der Waals surface area contributed by atoms with Gasteiger partial charge in [-0.3, -0.25) is 9.59 Å². The highest BCUT2D eigenvalue weighted by Crippen LogP contribution is 2.25. The number of carbonyl (C=O) groups excluding carboxylic acids is 2. The maximum atomic E-state index is 12.4. The van der Waals surface area contributed by atoms with Crippen molar-refractivity contribution in [3.05, 3.63) is 46.7 Å². The number of methoxy groups -OCH3 is 1. The summed E-state index contributed by atoms with van der Waals surface area (Å²) < 4.78 is 10.8. The molecule has 2 heterocycles. The molecule has 1 aliphatic rings. The number of para-hydroxylation sites is 2. The van der Waals surface area contributed by atoms with E-state index in [4.69, 9.17) is 9.47 Å². The standard InChI is InChI=1S/C20H24N2O4S/c1-25-17-6-2-3-7-18(17)26-14-20(24)22-10-8-15(9-11-22)21-19(23)13-16-5-4-12-27-16/h2-7,12,15H,8-11,13-14H2,1H3,(H,21,23). The van der Waals surface area contributed by atoms with Crippen molar-refractivity contribution < 1.29 is 19.1 Å². The van der Waals surface area contributed by atoms with Crippen molar-refractivity contribution in [2.24, 2.45) is 0 Å². The van der Waals surface area contributed by atoms with Gasteiger partial charge in [0.05, 0.1) is 13.5 Å². The van der Waals surface area contributed by atoms with Gasteiger partial charge >= 0.3 is 0 Å². The zero-order valence-corrected chi connectivity index (χ0v) is 16.2. The average Bonchev–Trinajstić information content (AvgIpc) is 3.19. The van der Waals surface area contributed by atoms with Crippen LogP contribution in [0.25, 0.3) is 0 Å². The number of piperidine rings is 1. The van der Waals surface area contributed by atoms with Gasteiger partial charge in [0.15, 0.2) is 18.1 Å². The second kappa shape index (κ2) is 9.41. The predicted molar refractivity (Wildman–Crippen MR) is 104 cm³/mol. The molecule has 0 aliphatic carbocycles. The van der Waals surface area contributed by atoms with Crippen LogP contribution in [-0.2, 0) is 16.0 Å². The normalized spacial score (nSPS) is 14.6. The third-order valence-corrected chi connectivity index (χ3v) is 5.42. The van der Waals surface area contributed by atoms with E-state index in [1.807, 2.05) is 29.6 Å². The average molecular weight is 388 g/mol. The maximum Gasteiger partial charge on any atom is 0.260 e. The van der Waals surface area contributed by atoms with Crippen LogP contribution in [-0.4, -0.2) is 49.6 Å². The maximum absolute atomic E-state index is 12.4. The topological polar surface area (TPSA) is 67.9 Å². The molecule has 2 amide bonds. The summed E-state index contributed by atoms with van der Waals surface area (Å²) in [5.41, 5.74) is 0. The molecule has 7 heteroatoms. The van der Waals surface area contributed by atoms with Crippen LogP contribution in [0.4, 0.5) is 0 Å². The minimum Gasteiger partial charge on any atom is -0.493 e. The van der Waals surface area contributed by atoms with Gasteiger partial charge in [-0.15, -0.1) is 11.3 Å². The fourth-order valence-corrected chi connectivity index (χ4v) is 3.80. The fourth-order valence-electron chi connectivity index (χ4n) is 3.09. The molecule has 3 rings (SSSR count). The molecule has 27 heavy (non-hydrogen) atoms. The second-order valence-electron chi connectivity index (χ2n) is 6.42. The lowest BCUT2D eigenvalue weighted by molar-refractivity contribution is -0.134. The van der Waals surface area contributed by atoms with Crippen molar-refractivity contribution in [3.63, 3.8) is 0 Å². The molecule has 0 atom stereocenters. The van der Waals surface area contributed by atoms with Crippen molar-refractivity contribution in [3.8, 4) is 11.5 Å². The van der Waals surface area contributed by atoms with Crippen LogP contribution >= 0.6 is 11.3 Å². The molecular formula is C20H24N2O4S. The molecule has 1 aliphatic heterocycles. The summed E-state index contributed by atoms with van der Waals surface area (Å²) in [7, 11) is 1.57. The number of amides is 2. The lowest BCUT2D eigenvalue weighted by Crippen LogP contribution is -2.47. The molecule has 0 radical (unpaired) electrons. The van der Waals surface area contributed by atoms with E-state index >= 15 is 0 Å². The number of benzene rings is 1. The van der Waals surface area contributed by atoms with E-state index in [1.54, 1.807) is 35.5 Å². The predicted octanol–water partition coefficient (Wildman–Crippen LogP) is 2.49. The third-order valence-electron chi connectivity index (χ3n) is 4.55. The van der Waals surface area contributed by atoms with Crippen LogP contribution in [0.2, 0.25) is 0 Å². The van der Waals surface area contributed by atoms with E-state index in [9.17, 15) is 9.59 Å². The monoisotopic (exact) mass is 388 g/mol. The largest absolute Gasteiger partial charge is 0.493 e. The van der Waals surface area contributed by atoms with Crippen molar-refractivity contribution in [2.45, 2.75) is 25.3 Å². The Balaban J connectivity index is 1.40. The van der Waals surface area contributed by atoms with Gasteiger partial charge in [0.1, 0.15) is 0 Å². The molecule has 6 nitrogen and oxygen atoms in total. The Morgan fingerprint density at radius 2 is 1.89 bits per heavy atom. The van der Waals surface area contributed by atoms with E-state index in [0.29, 0.717) is 31.0 Å². The number of carbonyl (C=O) groups is 2. The zero-order chi connectivity index (χ0) is 19.1. The Morgan fingerprint density at radius 3 is 2.56 bits per heavy atom. The summed E-state index contributed by atoms with van der Waals surface area (Å²) >= 11 is 1.59. The first kappa shape index (κ1) is 19.2. The summed E-state index contributed by atoms with van der Waals surface area (Å²) in [6.07, 6.45) is 1.94. The summed E-state index contributed by atoms with van der Waals surface area (Å²) in [6.45, 7) is 1.23. The number of nitrogens with one attached hydrogen (secondary N) is 1. The number of likely N-dealkylation sites (tertiary alicyclic amines) is 1. The van der Waals surface area contributed by atoms with E-state index in [1.165, 1.54) is 0 Å². The molecule has 1 aromatic carbocycles. The highest BCUT2D eigenvalue weighted by molar-refractivity contribution is 7.10. The van der Waals surface area contributed by atoms with Gasteiger partial charge in [-0.25, -0.2) is 0 Å². The van der Waals surface area contributed by atoms with Crippen molar-refractivity contribution >= 4 is 23.2 Å².